The van der Waals surface area contributed by atoms with Crippen LogP contribution in [0.25, 0.3) is 27.2 Å². The maximum Gasteiger partial charge on any atom is 0.266 e. The molecule has 0 N–H and O–H groups in total. The second-order valence-corrected chi connectivity index (χ2v) is 12.2. The highest BCUT2D eigenvalue weighted by molar-refractivity contribution is 5.98. The fourth-order valence-corrected chi connectivity index (χ4v) is 6.18. The molecular formula is C40H32N2O6. The number of fused-ring (bicyclic) bond motifs is 2. The Morgan fingerprint density at radius 3 is 1.54 bits per heavy atom. The highest BCUT2D eigenvalue weighted by atomic mass is 16.5. The minimum absolute atomic E-state index is 0.0827. The monoisotopic (exact) mass is 636 g/mol. The van der Waals surface area contributed by atoms with E-state index >= 15 is 0 Å². The Balaban J connectivity index is 1.32. The highest BCUT2D eigenvalue weighted by Crippen LogP contribution is 2.33. The summed E-state index contributed by atoms with van der Waals surface area (Å²) in [5.41, 5.74) is 3.05. The van der Waals surface area contributed by atoms with E-state index in [4.69, 9.17) is 9.47 Å². The fourth-order valence-electron chi connectivity index (χ4n) is 6.18. The van der Waals surface area contributed by atoms with E-state index < -0.39 is 22.2 Å². The smallest absolute Gasteiger partial charge is 0.266 e. The summed E-state index contributed by atoms with van der Waals surface area (Å²) in [5.74, 6) is 1.05. The molecule has 5 aromatic carbocycles. The minimum atomic E-state index is -0.571. The first-order chi connectivity index (χ1) is 23.2. The Hall–Kier alpha value is -6.02. The van der Waals surface area contributed by atoms with Crippen LogP contribution in [-0.2, 0) is 20.3 Å². The first kappa shape index (κ1) is 30.6. The van der Waals surface area contributed by atoms with Crippen molar-refractivity contribution in [2.75, 3.05) is 0 Å². The van der Waals surface area contributed by atoms with Gasteiger partial charge in [-0.25, -0.2) is 4.57 Å². The molecule has 0 bridgehead atoms. The van der Waals surface area contributed by atoms with E-state index in [0.717, 1.165) is 42.7 Å². The van der Waals surface area contributed by atoms with Crippen molar-refractivity contribution in [3.63, 3.8) is 0 Å². The van der Waals surface area contributed by atoms with Gasteiger partial charge in [-0.1, -0.05) is 73.7 Å². The molecule has 7 aromatic rings. The van der Waals surface area contributed by atoms with Crippen molar-refractivity contribution >= 4 is 21.5 Å². The number of aromatic nitrogens is 2. The number of benzene rings is 5. The van der Waals surface area contributed by atoms with E-state index in [9.17, 15) is 19.2 Å². The largest absolute Gasteiger partial charge is 0.489 e. The lowest BCUT2D eigenvalue weighted by Crippen LogP contribution is -2.24. The van der Waals surface area contributed by atoms with Gasteiger partial charge < -0.3 is 9.47 Å². The maximum atomic E-state index is 13.8. The lowest BCUT2D eigenvalue weighted by atomic mass is 9.91. The first-order valence-electron chi connectivity index (χ1n) is 15.7. The molecule has 0 aliphatic heterocycles. The van der Waals surface area contributed by atoms with Gasteiger partial charge in [-0.15, -0.1) is 0 Å². The molecule has 1 unspecified atom stereocenters. The third-order valence-corrected chi connectivity index (χ3v) is 8.84. The number of rotatable bonds is 9. The molecule has 0 saturated heterocycles. The van der Waals surface area contributed by atoms with Gasteiger partial charge in [0.05, 0.1) is 27.2 Å². The Morgan fingerprint density at radius 2 is 1.02 bits per heavy atom. The molecule has 0 radical (unpaired) electrons. The average molecular weight is 637 g/mol. The van der Waals surface area contributed by atoms with Crippen molar-refractivity contribution in [1.29, 1.82) is 0 Å². The summed E-state index contributed by atoms with van der Waals surface area (Å²) in [4.78, 5) is 53.0. The van der Waals surface area contributed by atoms with Crippen LogP contribution in [0.5, 0.6) is 11.5 Å². The molecular weight excluding hydrogens is 604 g/mol. The molecule has 238 valence electrons. The molecule has 48 heavy (non-hydrogen) atoms. The number of hydrogen-bond donors (Lipinski definition) is 0. The summed E-state index contributed by atoms with van der Waals surface area (Å²) in [5, 5.41) is 0.394. The van der Waals surface area contributed by atoms with Crippen molar-refractivity contribution in [2.24, 2.45) is 7.05 Å². The van der Waals surface area contributed by atoms with Gasteiger partial charge in [-0.2, -0.15) is 0 Å². The second kappa shape index (κ2) is 12.3. The van der Waals surface area contributed by atoms with E-state index in [1.807, 2.05) is 91.9 Å². The second-order valence-electron chi connectivity index (χ2n) is 12.2. The lowest BCUT2D eigenvalue weighted by molar-refractivity contribution is 0.305. The highest BCUT2D eigenvalue weighted by Gasteiger charge is 2.21. The van der Waals surface area contributed by atoms with Crippen molar-refractivity contribution in [2.45, 2.75) is 33.0 Å². The standard InChI is InChI=1S/C40H32N2O6/c1-24-14-28(17-31(15-24)47-22-26-10-6-4-7-11-26)25(2)29-16-30(19-32(18-29)48-23-27-12-8-5-9-13-27)42-39(45)35-20-33-34(21-36(35)40(42)46)38(44)41(3)37(33)43/h4-21,25H,22-23H2,1-3H3. The minimum Gasteiger partial charge on any atom is -0.489 e. The van der Waals surface area contributed by atoms with Gasteiger partial charge in [0.25, 0.3) is 22.2 Å². The van der Waals surface area contributed by atoms with Crippen LogP contribution in [-0.4, -0.2) is 9.13 Å². The third kappa shape index (κ3) is 5.62. The normalized spacial score (nSPS) is 12.1. The van der Waals surface area contributed by atoms with Crippen LogP contribution in [0.2, 0.25) is 0 Å². The summed E-state index contributed by atoms with van der Waals surface area (Å²) < 4.78 is 14.5. The Morgan fingerprint density at radius 1 is 0.562 bits per heavy atom. The molecule has 0 spiro atoms. The number of ether oxygens (including phenoxy) is 2. The zero-order valence-electron chi connectivity index (χ0n) is 26.7. The van der Waals surface area contributed by atoms with Crippen molar-refractivity contribution in [3.05, 3.63) is 178 Å². The maximum absolute atomic E-state index is 13.8. The average Bonchev–Trinajstić information content (AvgIpc) is 3.48. The number of hydrogen-bond acceptors (Lipinski definition) is 6. The Bertz CT molecular complexity index is 2440. The molecule has 0 aliphatic rings. The SMILES string of the molecule is Cc1cc(OCc2ccccc2)cc(C(C)c2cc(OCc3ccccc3)cc(-n3c(=O)c4cc5c(=O)n(C)c(=O)c5cc4c3=O)c2)c1. The van der Waals surface area contributed by atoms with E-state index in [2.05, 4.69) is 13.0 Å². The topological polar surface area (TPSA) is 96.6 Å². The van der Waals surface area contributed by atoms with Gasteiger partial charge >= 0.3 is 0 Å². The van der Waals surface area contributed by atoms with Gasteiger partial charge in [0.1, 0.15) is 24.7 Å². The predicted octanol–water partition coefficient (Wildman–Crippen LogP) is 6.06. The van der Waals surface area contributed by atoms with Gasteiger partial charge in [0, 0.05) is 19.0 Å². The molecule has 8 heteroatoms. The van der Waals surface area contributed by atoms with Crippen LogP contribution < -0.4 is 31.7 Å². The lowest BCUT2D eigenvalue weighted by Gasteiger charge is -2.18. The number of nitrogens with zero attached hydrogens (tertiary/aromatic N) is 2. The van der Waals surface area contributed by atoms with Crippen molar-refractivity contribution < 1.29 is 9.47 Å². The van der Waals surface area contributed by atoms with Crippen LogP contribution >= 0.6 is 0 Å². The zero-order chi connectivity index (χ0) is 33.5. The molecule has 2 aromatic heterocycles. The van der Waals surface area contributed by atoms with E-state index in [1.54, 1.807) is 6.07 Å². The molecule has 0 aliphatic carbocycles. The summed E-state index contributed by atoms with van der Waals surface area (Å²) in [6, 6.07) is 33.9. The summed E-state index contributed by atoms with van der Waals surface area (Å²) in [7, 11) is 1.38. The molecule has 0 fully saturated rings. The van der Waals surface area contributed by atoms with Crippen LogP contribution in [0.15, 0.2) is 128 Å². The number of aryl methyl sites for hydroxylation is 1. The van der Waals surface area contributed by atoms with Crippen LogP contribution in [0, 0.1) is 6.92 Å². The molecule has 1 atom stereocenters. The molecule has 8 nitrogen and oxygen atoms in total. The van der Waals surface area contributed by atoms with Crippen molar-refractivity contribution in [1.82, 2.24) is 9.13 Å². The van der Waals surface area contributed by atoms with Crippen molar-refractivity contribution in [3.8, 4) is 17.2 Å². The quantitative estimate of drug-likeness (QED) is 0.191. The molecule has 0 amide bonds. The van der Waals surface area contributed by atoms with Gasteiger partial charge in [-0.05, 0) is 71.1 Å². The van der Waals surface area contributed by atoms with Crippen LogP contribution in [0.4, 0.5) is 0 Å². The molecule has 2 heterocycles. The van der Waals surface area contributed by atoms with E-state index in [0.29, 0.717) is 18.0 Å². The van der Waals surface area contributed by atoms with Gasteiger partial charge in [0.2, 0.25) is 0 Å². The van der Waals surface area contributed by atoms with Gasteiger partial charge in [0.15, 0.2) is 0 Å². The Kier molecular flexibility index (Phi) is 7.85. The third-order valence-electron chi connectivity index (χ3n) is 8.84. The summed E-state index contributed by atoms with van der Waals surface area (Å²) in [6.07, 6.45) is 0. The van der Waals surface area contributed by atoms with E-state index in [1.165, 1.54) is 19.2 Å². The zero-order valence-corrected chi connectivity index (χ0v) is 26.7. The van der Waals surface area contributed by atoms with Crippen LogP contribution in [0.3, 0.4) is 0 Å². The predicted molar refractivity (Wildman–Crippen MR) is 187 cm³/mol. The first-order valence-corrected chi connectivity index (χ1v) is 15.7. The summed E-state index contributed by atoms with van der Waals surface area (Å²) >= 11 is 0. The van der Waals surface area contributed by atoms with Gasteiger partial charge in [-0.3, -0.25) is 23.7 Å². The summed E-state index contributed by atoms with van der Waals surface area (Å²) in [6.45, 7) is 4.78. The molecule has 7 rings (SSSR count). The Labute approximate surface area is 275 Å². The van der Waals surface area contributed by atoms with E-state index in [-0.39, 0.29) is 34.1 Å². The molecule has 0 saturated carbocycles. The fraction of sp³-hybridized carbons (Fsp3) is 0.150. The van der Waals surface area contributed by atoms with Crippen LogP contribution in [0.1, 0.15) is 40.7 Å².